The Balaban J connectivity index is 1.69. The Bertz CT molecular complexity index is 339. The van der Waals surface area contributed by atoms with Gasteiger partial charge in [-0.15, -0.1) is 0 Å². The van der Waals surface area contributed by atoms with Crippen molar-refractivity contribution in [3.05, 3.63) is 30.1 Å². The van der Waals surface area contributed by atoms with E-state index in [-0.39, 0.29) is 17.9 Å². The minimum Gasteiger partial charge on any atom is -0.355 e. The molecule has 15 heavy (non-hydrogen) atoms. The fraction of sp³-hybridized carbons (Fsp3) is 0.455. The van der Waals surface area contributed by atoms with Gasteiger partial charge in [-0.05, 0) is 24.5 Å². The number of carbonyl (C=O) groups excluding carboxylic acids is 1. The number of hydrogen-bond donors (Lipinski definition) is 2. The summed E-state index contributed by atoms with van der Waals surface area (Å²) < 4.78 is 0. The molecule has 1 heterocycles. The Morgan fingerprint density at radius 3 is 3.07 bits per heavy atom. The summed E-state index contributed by atoms with van der Waals surface area (Å²) in [4.78, 5) is 15.4. The highest BCUT2D eigenvalue weighted by molar-refractivity contribution is 5.82. The third kappa shape index (κ3) is 2.76. The molecule has 1 amide bonds. The molecule has 3 N–H and O–H groups in total. The standard InChI is InChI=1S/C11H15N3O/c12-10-6-9(10)11(15)14-5-3-8-2-1-4-13-7-8/h1-2,4,7,9-10H,3,5-6,12H2,(H,14,15). The molecule has 0 aliphatic heterocycles. The van der Waals surface area contributed by atoms with E-state index < -0.39 is 0 Å². The van der Waals surface area contributed by atoms with Gasteiger partial charge in [-0.2, -0.15) is 0 Å². The predicted molar refractivity (Wildman–Crippen MR) is 57.0 cm³/mol. The smallest absolute Gasteiger partial charge is 0.224 e. The van der Waals surface area contributed by atoms with Crippen LogP contribution < -0.4 is 11.1 Å². The van der Waals surface area contributed by atoms with Crippen LogP contribution in [0.3, 0.4) is 0 Å². The zero-order chi connectivity index (χ0) is 10.7. The summed E-state index contributed by atoms with van der Waals surface area (Å²) >= 11 is 0. The number of hydrogen-bond acceptors (Lipinski definition) is 3. The van der Waals surface area contributed by atoms with Gasteiger partial charge in [0.25, 0.3) is 0 Å². The van der Waals surface area contributed by atoms with E-state index in [0.717, 1.165) is 18.4 Å². The molecule has 80 valence electrons. The fourth-order valence-corrected chi connectivity index (χ4v) is 1.52. The number of aromatic nitrogens is 1. The Labute approximate surface area is 88.9 Å². The summed E-state index contributed by atoms with van der Waals surface area (Å²) in [6, 6.07) is 3.99. The lowest BCUT2D eigenvalue weighted by molar-refractivity contribution is -0.122. The molecule has 1 aromatic heterocycles. The normalized spacial score (nSPS) is 23.5. The Kier molecular flexibility index (Phi) is 2.97. The van der Waals surface area contributed by atoms with Crippen molar-refractivity contribution in [3.63, 3.8) is 0 Å². The van der Waals surface area contributed by atoms with Crippen LogP contribution in [-0.2, 0) is 11.2 Å². The number of nitrogens with two attached hydrogens (primary N) is 1. The molecule has 1 saturated carbocycles. The first-order valence-corrected chi connectivity index (χ1v) is 5.19. The van der Waals surface area contributed by atoms with Crippen LogP contribution in [0.5, 0.6) is 0 Å². The van der Waals surface area contributed by atoms with Crippen molar-refractivity contribution in [3.8, 4) is 0 Å². The molecule has 0 spiro atoms. The predicted octanol–water partition coefficient (Wildman–Crippen LogP) is 0.0875. The summed E-state index contributed by atoms with van der Waals surface area (Å²) in [7, 11) is 0. The molecule has 2 unspecified atom stereocenters. The first-order chi connectivity index (χ1) is 7.27. The van der Waals surface area contributed by atoms with Crippen LogP contribution in [0, 0.1) is 5.92 Å². The quantitative estimate of drug-likeness (QED) is 0.732. The van der Waals surface area contributed by atoms with Gasteiger partial charge in [0.15, 0.2) is 0 Å². The van der Waals surface area contributed by atoms with Crippen LogP contribution in [0.4, 0.5) is 0 Å². The van der Waals surface area contributed by atoms with Crippen LogP contribution in [0.15, 0.2) is 24.5 Å². The minimum atomic E-state index is 0.0545. The van der Waals surface area contributed by atoms with Gasteiger partial charge in [-0.1, -0.05) is 6.07 Å². The SMILES string of the molecule is NC1CC1C(=O)NCCc1cccnc1. The Morgan fingerprint density at radius 2 is 2.47 bits per heavy atom. The summed E-state index contributed by atoms with van der Waals surface area (Å²) in [6.45, 7) is 0.660. The minimum absolute atomic E-state index is 0.0545. The van der Waals surface area contributed by atoms with Crippen molar-refractivity contribution in [2.75, 3.05) is 6.54 Å². The van der Waals surface area contributed by atoms with Crippen LogP contribution in [0.25, 0.3) is 0 Å². The lowest BCUT2D eigenvalue weighted by Crippen LogP contribution is -2.29. The lowest BCUT2D eigenvalue weighted by atomic mass is 10.2. The first kappa shape index (κ1) is 10.1. The van der Waals surface area contributed by atoms with E-state index >= 15 is 0 Å². The second kappa shape index (κ2) is 4.40. The molecule has 0 radical (unpaired) electrons. The number of nitrogens with zero attached hydrogens (tertiary/aromatic N) is 1. The number of rotatable bonds is 4. The highest BCUT2D eigenvalue weighted by Gasteiger charge is 2.39. The number of amides is 1. The summed E-state index contributed by atoms with van der Waals surface area (Å²) in [5.74, 6) is 0.144. The third-order valence-electron chi connectivity index (χ3n) is 2.61. The summed E-state index contributed by atoms with van der Waals surface area (Å²) in [5, 5.41) is 2.88. The average molecular weight is 205 g/mol. The Hall–Kier alpha value is -1.42. The van der Waals surface area contributed by atoms with E-state index in [1.165, 1.54) is 0 Å². The molecule has 0 bridgehead atoms. The molecular weight excluding hydrogens is 190 g/mol. The lowest BCUT2D eigenvalue weighted by Gasteiger charge is -2.03. The van der Waals surface area contributed by atoms with Gasteiger partial charge in [0, 0.05) is 25.0 Å². The van der Waals surface area contributed by atoms with Crippen molar-refractivity contribution < 1.29 is 4.79 Å². The molecule has 1 aliphatic carbocycles. The average Bonchev–Trinajstić information content (AvgIpc) is 2.97. The van der Waals surface area contributed by atoms with Gasteiger partial charge in [0.05, 0.1) is 5.92 Å². The van der Waals surface area contributed by atoms with Crippen LogP contribution >= 0.6 is 0 Å². The molecule has 4 nitrogen and oxygen atoms in total. The maximum atomic E-state index is 11.4. The van der Waals surface area contributed by atoms with Crippen LogP contribution in [0.1, 0.15) is 12.0 Å². The third-order valence-corrected chi connectivity index (χ3v) is 2.61. The van der Waals surface area contributed by atoms with E-state index in [1.54, 1.807) is 6.20 Å². The molecule has 4 heteroatoms. The van der Waals surface area contributed by atoms with E-state index in [2.05, 4.69) is 10.3 Å². The summed E-state index contributed by atoms with van der Waals surface area (Å²) in [6.07, 6.45) is 5.21. The van der Waals surface area contributed by atoms with Crippen molar-refractivity contribution in [2.45, 2.75) is 18.9 Å². The molecule has 2 rings (SSSR count). The van der Waals surface area contributed by atoms with Gasteiger partial charge in [-0.3, -0.25) is 9.78 Å². The highest BCUT2D eigenvalue weighted by Crippen LogP contribution is 2.27. The van der Waals surface area contributed by atoms with E-state index in [4.69, 9.17) is 5.73 Å². The number of carbonyl (C=O) groups is 1. The number of nitrogens with one attached hydrogen (secondary N) is 1. The van der Waals surface area contributed by atoms with Gasteiger partial charge >= 0.3 is 0 Å². The Morgan fingerprint density at radius 1 is 1.67 bits per heavy atom. The van der Waals surface area contributed by atoms with E-state index in [1.807, 2.05) is 18.3 Å². The van der Waals surface area contributed by atoms with Crippen molar-refractivity contribution >= 4 is 5.91 Å². The van der Waals surface area contributed by atoms with Gasteiger partial charge in [0.2, 0.25) is 5.91 Å². The number of pyridine rings is 1. The van der Waals surface area contributed by atoms with Gasteiger partial charge in [0.1, 0.15) is 0 Å². The van der Waals surface area contributed by atoms with Crippen LogP contribution in [-0.4, -0.2) is 23.5 Å². The molecule has 1 fully saturated rings. The van der Waals surface area contributed by atoms with Crippen molar-refractivity contribution in [1.82, 2.24) is 10.3 Å². The van der Waals surface area contributed by atoms with Gasteiger partial charge in [-0.25, -0.2) is 0 Å². The second-order valence-corrected chi connectivity index (χ2v) is 3.91. The van der Waals surface area contributed by atoms with Crippen LogP contribution in [0.2, 0.25) is 0 Å². The molecular formula is C11H15N3O. The molecule has 2 atom stereocenters. The largest absolute Gasteiger partial charge is 0.355 e. The van der Waals surface area contributed by atoms with Gasteiger partial charge < -0.3 is 11.1 Å². The molecule has 0 saturated heterocycles. The summed E-state index contributed by atoms with van der Waals surface area (Å²) in [5.41, 5.74) is 6.72. The molecule has 1 aromatic rings. The second-order valence-electron chi connectivity index (χ2n) is 3.91. The maximum Gasteiger partial charge on any atom is 0.224 e. The zero-order valence-corrected chi connectivity index (χ0v) is 8.52. The monoisotopic (exact) mass is 205 g/mol. The fourth-order valence-electron chi connectivity index (χ4n) is 1.52. The molecule has 1 aliphatic rings. The van der Waals surface area contributed by atoms with Crippen molar-refractivity contribution in [2.24, 2.45) is 11.7 Å². The maximum absolute atomic E-state index is 11.4. The zero-order valence-electron chi connectivity index (χ0n) is 8.52. The van der Waals surface area contributed by atoms with E-state index in [0.29, 0.717) is 6.54 Å². The molecule has 0 aromatic carbocycles. The van der Waals surface area contributed by atoms with Crippen molar-refractivity contribution in [1.29, 1.82) is 0 Å². The topological polar surface area (TPSA) is 68.0 Å². The van der Waals surface area contributed by atoms with E-state index in [9.17, 15) is 4.79 Å². The first-order valence-electron chi connectivity index (χ1n) is 5.19. The highest BCUT2D eigenvalue weighted by atomic mass is 16.2.